The van der Waals surface area contributed by atoms with Gasteiger partial charge in [0.2, 0.25) is 11.8 Å². The van der Waals surface area contributed by atoms with Crippen LogP contribution in [0.5, 0.6) is 0 Å². The largest absolute Gasteiger partial charge is 0.274 e. The maximum absolute atomic E-state index is 12.5. The molecule has 21 heavy (non-hydrogen) atoms. The molecule has 2 aliphatic rings. The molecule has 1 aromatic carbocycles. The van der Waals surface area contributed by atoms with Crippen LogP contribution in [-0.4, -0.2) is 16.7 Å². The smallest absolute Gasteiger partial charge is 0.271 e. The third-order valence-electron chi connectivity index (χ3n) is 4.12. The summed E-state index contributed by atoms with van der Waals surface area (Å²) in [6.07, 6.45) is 3.14. The fourth-order valence-corrected chi connectivity index (χ4v) is 3.04. The number of non-ortho nitro benzene ring substituents is 1. The Morgan fingerprint density at radius 1 is 1.24 bits per heavy atom. The number of nitro groups is 1. The van der Waals surface area contributed by atoms with E-state index in [1.54, 1.807) is 6.07 Å². The summed E-state index contributed by atoms with van der Waals surface area (Å²) in [7, 11) is 0. The Morgan fingerprint density at radius 2 is 1.95 bits per heavy atom. The molecular weight excluding hydrogens is 272 g/mol. The summed E-state index contributed by atoms with van der Waals surface area (Å²) in [5, 5.41) is 10.8. The summed E-state index contributed by atoms with van der Waals surface area (Å²) in [5.74, 6) is -1.17. The lowest BCUT2D eigenvalue weighted by Crippen LogP contribution is -2.30. The van der Waals surface area contributed by atoms with Crippen LogP contribution in [0.1, 0.15) is 19.8 Å². The van der Waals surface area contributed by atoms with Crippen LogP contribution in [-0.2, 0) is 9.59 Å². The first-order valence-corrected chi connectivity index (χ1v) is 6.77. The van der Waals surface area contributed by atoms with Crippen LogP contribution in [0.15, 0.2) is 35.9 Å². The molecule has 0 saturated carbocycles. The van der Waals surface area contributed by atoms with Crippen LogP contribution >= 0.6 is 0 Å². The van der Waals surface area contributed by atoms with Gasteiger partial charge in [0.1, 0.15) is 0 Å². The molecule has 0 spiro atoms. The highest BCUT2D eigenvalue weighted by Gasteiger charge is 2.48. The lowest BCUT2D eigenvalue weighted by Gasteiger charge is -2.18. The summed E-state index contributed by atoms with van der Waals surface area (Å²) < 4.78 is 0. The quantitative estimate of drug-likeness (QED) is 0.362. The van der Waals surface area contributed by atoms with Crippen LogP contribution in [0.2, 0.25) is 0 Å². The van der Waals surface area contributed by atoms with Crippen molar-refractivity contribution in [2.75, 3.05) is 4.90 Å². The fraction of sp³-hybridized carbons (Fsp3) is 0.333. The second-order valence-corrected chi connectivity index (χ2v) is 5.49. The maximum Gasteiger partial charge on any atom is 0.271 e. The van der Waals surface area contributed by atoms with Gasteiger partial charge < -0.3 is 0 Å². The number of carbonyl (C=O) groups excluding carboxylic acids is 2. The molecule has 2 amide bonds. The molecule has 0 radical (unpaired) electrons. The number of hydrogen-bond donors (Lipinski definition) is 0. The van der Waals surface area contributed by atoms with E-state index < -0.39 is 4.92 Å². The zero-order chi connectivity index (χ0) is 15.1. The van der Waals surface area contributed by atoms with Crippen molar-refractivity contribution >= 4 is 23.2 Å². The minimum atomic E-state index is -0.534. The van der Waals surface area contributed by atoms with Gasteiger partial charge in [-0.25, -0.2) is 4.90 Å². The van der Waals surface area contributed by atoms with Crippen molar-refractivity contribution in [1.82, 2.24) is 0 Å². The monoisotopic (exact) mass is 286 g/mol. The highest BCUT2D eigenvalue weighted by molar-refractivity contribution is 6.22. The Kier molecular flexibility index (Phi) is 3.08. The molecule has 0 aromatic heterocycles. The molecule has 0 unspecified atom stereocenters. The number of allylic oxidation sites excluding steroid dienone is 2. The third kappa shape index (κ3) is 2.12. The lowest BCUT2D eigenvalue weighted by molar-refractivity contribution is -0.384. The number of anilines is 1. The van der Waals surface area contributed by atoms with E-state index >= 15 is 0 Å². The third-order valence-corrected chi connectivity index (χ3v) is 4.12. The van der Waals surface area contributed by atoms with Gasteiger partial charge in [0.25, 0.3) is 5.69 Å². The lowest BCUT2D eigenvalue weighted by atomic mass is 9.82. The molecule has 1 aliphatic carbocycles. The zero-order valence-electron chi connectivity index (χ0n) is 11.5. The Balaban J connectivity index is 1.97. The van der Waals surface area contributed by atoms with Gasteiger partial charge >= 0.3 is 0 Å². The minimum Gasteiger partial charge on any atom is -0.274 e. The summed E-state index contributed by atoms with van der Waals surface area (Å²) in [4.78, 5) is 36.3. The molecule has 1 aliphatic heterocycles. The number of amides is 2. The van der Waals surface area contributed by atoms with Gasteiger partial charge in [-0.15, -0.1) is 0 Å². The van der Waals surface area contributed by atoms with Crippen molar-refractivity contribution in [3.63, 3.8) is 0 Å². The second-order valence-electron chi connectivity index (χ2n) is 5.49. The number of rotatable bonds is 2. The van der Waals surface area contributed by atoms with Gasteiger partial charge in [0, 0.05) is 12.1 Å². The van der Waals surface area contributed by atoms with E-state index in [0.29, 0.717) is 12.8 Å². The average Bonchev–Trinajstić information content (AvgIpc) is 2.70. The first kappa shape index (κ1) is 13.5. The Labute approximate surface area is 121 Å². The summed E-state index contributed by atoms with van der Waals surface area (Å²) >= 11 is 0. The number of nitro benzene ring substituents is 1. The van der Waals surface area contributed by atoms with E-state index in [1.807, 2.05) is 13.0 Å². The second kappa shape index (κ2) is 4.80. The maximum atomic E-state index is 12.5. The molecule has 1 heterocycles. The number of hydrogen-bond acceptors (Lipinski definition) is 4. The summed E-state index contributed by atoms with van der Waals surface area (Å²) in [5.41, 5.74) is 1.27. The SMILES string of the molecule is CC1=CC[C@H]2C(=O)N(c3cccc([N+](=O)[O-])c3)C(=O)[C@H]2C1. The molecule has 0 N–H and O–H groups in total. The van der Waals surface area contributed by atoms with E-state index in [1.165, 1.54) is 18.2 Å². The van der Waals surface area contributed by atoms with Crippen LogP contribution in [0.25, 0.3) is 0 Å². The number of imide groups is 1. The molecule has 1 fully saturated rings. The van der Waals surface area contributed by atoms with Crippen molar-refractivity contribution in [1.29, 1.82) is 0 Å². The van der Waals surface area contributed by atoms with E-state index in [9.17, 15) is 19.7 Å². The van der Waals surface area contributed by atoms with Gasteiger partial charge in [-0.3, -0.25) is 19.7 Å². The molecule has 1 aromatic rings. The standard InChI is InChI=1S/C15H14N2O4/c1-9-5-6-12-13(7-9)15(19)16(14(12)18)10-3-2-4-11(8-10)17(20)21/h2-5,8,12-13H,6-7H2,1H3/t12-,13+/m1/s1. The fourth-order valence-electron chi connectivity index (χ4n) is 3.04. The van der Waals surface area contributed by atoms with Crippen molar-refractivity contribution in [2.45, 2.75) is 19.8 Å². The molecule has 6 nitrogen and oxygen atoms in total. The summed E-state index contributed by atoms with van der Waals surface area (Å²) in [6, 6.07) is 5.65. The predicted octanol–water partition coefficient (Wildman–Crippen LogP) is 2.44. The first-order valence-electron chi connectivity index (χ1n) is 6.77. The van der Waals surface area contributed by atoms with Crippen LogP contribution in [0.4, 0.5) is 11.4 Å². The van der Waals surface area contributed by atoms with Gasteiger partial charge in [-0.05, 0) is 25.8 Å². The molecular formula is C15H14N2O4. The van der Waals surface area contributed by atoms with E-state index in [-0.39, 0.29) is 35.0 Å². The molecule has 108 valence electrons. The number of fused-ring (bicyclic) bond motifs is 1. The number of nitrogens with zero attached hydrogens (tertiary/aromatic N) is 2. The van der Waals surface area contributed by atoms with E-state index in [2.05, 4.69) is 0 Å². The van der Waals surface area contributed by atoms with Crippen LogP contribution in [0, 0.1) is 22.0 Å². The highest BCUT2D eigenvalue weighted by atomic mass is 16.6. The van der Waals surface area contributed by atoms with Gasteiger partial charge in [0.05, 0.1) is 22.4 Å². The Hall–Kier alpha value is -2.50. The molecule has 3 rings (SSSR count). The van der Waals surface area contributed by atoms with Crippen molar-refractivity contribution in [2.24, 2.45) is 11.8 Å². The molecule has 6 heteroatoms. The van der Waals surface area contributed by atoms with Gasteiger partial charge in [0.15, 0.2) is 0 Å². The van der Waals surface area contributed by atoms with Crippen molar-refractivity contribution in [3.8, 4) is 0 Å². The van der Waals surface area contributed by atoms with Crippen LogP contribution in [0.3, 0.4) is 0 Å². The topological polar surface area (TPSA) is 80.5 Å². The summed E-state index contributed by atoms with van der Waals surface area (Å²) in [6.45, 7) is 1.95. The molecule has 0 bridgehead atoms. The number of benzene rings is 1. The van der Waals surface area contributed by atoms with Crippen molar-refractivity contribution in [3.05, 3.63) is 46.0 Å². The molecule has 2 atom stereocenters. The zero-order valence-corrected chi connectivity index (χ0v) is 11.5. The van der Waals surface area contributed by atoms with Crippen LogP contribution < -0.4 is 4.90 Å². The normalized spacial score (nSPS) is 24.8. The minimum absolute atomic E-state index is 0.128. The molecule has 1 saturated heterocycles. The van der Waals surface area contributed by atoms with Gasteiger partial charge in [-0.1, -0.05) is 17.7 Å². The average molecular weight is 286 g/mol. The number of carbonyl (C=O) groups is 2. The predicted molar refractivity (Wildman–Crippen MR) is 75.6 cm³/mol. The van der Waals surface area contributed by atoms with Gasteiger partial charge in [-0.2, -0.15) is 0 Å². The van der Waals surface area contributed by atoms with Crippen molar-refractivity contribution < 1.29 is 14.5 Å². The Morgan fingerprint density at radius 3 is 2.67 bits per heavy atom. The van der Waals surface area contributed by atoms with E-state index in [0.717, 1.165) is 10.5 Å². The Bertz CT molecular complexity index is 680. The first-order chi connectivity index (χ1) is 9.99. The highest BCUT2D eigenvalue weighted by Crippen LogP contribution is 2.40. The van der Waals surface area contributed by atoms with E-state index in [4.69, 9.17) is 0 Å².